The molecule has 0 radical (unpaired) electrons. The minimum absolute atomic E-state index is 0.268. The number of carbonyl (C=O) groups excluding carboxylic acids is 2. The van der Waals surface area contributed by atoms with Crippen molar-refractivity contribution in [2.24, 2.45) is 0 Å². The van der Waals surface area contributed by atoms with E-state index in [0.29, 0.717) is 30.2 Å². The highest BCUT2D eigenvalue weighted by Crippen LogP contribution is 2.37. The predicted octanol–water partition coefficient (Wildman–Crippen LogP) is 4.36. The van der Waals surface area contributed by atoms with Gasteiger partial charge >= 0.3 is 0 Å². The Labute approximate surface area is 227 Å². The van der Waals surface area contributed by atoms with Crippen molar-refractivity contribution in [2.45, 2.75) is 63.5 Å². The lowest BCUT2D eigenvalue weighted by Gasteiger charge is -2.35. The van der Waals surface area contributed by atoms with Gasteiger partial charge in [0.2, 0.25) is 0 Å². The highest BCUT2D eigenvalue weighted by Gasteiger charge is 2.41. The maximum atomic E-state index is 13.5. The summed E-state index contributed by atoms with van der Waals surface area (Å²) in [5, 5.41) is 15.1. The van der Waals surface area contributed by atoms with Crippen LogP contribution in [0.1, 0.15) is 60.3 Å². The summed E-state index contributed by atoms with van der Waals surface area (Å²) in [6, 6.07) is 14.3. The molecule has 2 aromatic carbocycles. The molecule has 2 heterocycles. The van der Waals surface area contributed by atoms with Crippen molar-refractivity contribution in [3.63, 3.8) is 0 Å². The van der Waals surface area contributed by atoms with Crippen molar-refractivity contribution >= 4 is 34.3 Å². The van der Waals surface area contributed by atoms with Gasteiger partial charge in [0.25, 0.3) is 11.8 Å². The van der Waals surface area contributed by atoms with Crippen LogP contribution in [0.15, 0.2) is 48.5 Å². The predicted molar refractivity (Wildman–Crippen MR) is 145 cm³/mol. The fourth-order valence-corrected chi connectivity index (χ4v) is 5.62. The molecule has 8 nitrogen and oxygen atoms in total. The largest absolute Gasteiger partial charge is 0.383 e. The standard InChI is InChI=1S/C29H34ClN3O5/c1-2-25(34)29(36)33(12-14-38-26-9-5-6-13-37-26)27-21-8-4-3-7-18(21)16-23(27)32-28(35)24-17-19-15-20(30)10-11-22(19)31-24/h3-4,7-8,10-11,15,17,23,25-27,31,34H,2,5-6,9,12-14,16H2,1H3,(H,32,35)/t23-,25+,26?,27+/m1/s1. The number of fused-ring (bicyclic) bond motifs is 2. The zero-order chi connectivity index (χ0) is 26.6. The number of rotatable bonds is 9. The number of halogens is 1. The maximum Gasteiger partial charge on any atom is 0.268 e. The van der Waals surface area contributed by atoms with Gasteiger partial charge in [-0.3, -0.25) is 9.59 Å². The lowest BCUT2D eigenvalue weighted by atomic mass is 10.0. The van der Waals surface area contributed by atoms with Gasteiger partial charge in [-0.15, -0.1) is 0 Å². The maximum absolute atomic E-state index is 13.5. The molecule has 38 heavy (non-hydrogen) atoms. The van der Waals surface area contributed by atoms with Gasteiger partial charge in [-0.1, -0.05) is 42.8 Å². The van der Waals surface area contributed by atoms with Crippen LogP contribution >= 0.6 is 11.6 Å². The number of amides is 2. The monoisotopic (exact) mass is 539 g/mol. The average molecular weight is 540 g/mol. The van der Waals surface area contributed by atoms with E-state index in [9.17, 15) is 14.7 Å². The number of hydrogen-bond donors (Lipinski definition) is 3. The summed E-state index contributed by atoms with van der Waals surface area (Å²) in [5.41, 5.74) is 3.26. The molecule has 2 amide bonds. The van der Waals surface area contributed by atoms with Crippen LogP contribution in [0.3, 0.4) is 0 Å². The molecule has 3 aromatic rings. The van der Waals surface area contributed by atoms with Crippen LogP contribution in [-0.2, 0) is 20.7 Å². The number of ether oxygens (including phenoxy) is 2. The third-order valence-corrected chi connectivity index (χ3v) is 7.64. The Bertz CT molecular complexity index is 1290. The fraction of sp³-hybridized carbons (Fsp3) is 0.448. The van der Waals surface area contributed by atoms with Gasteiger partial charge in [-0.2, -0.15) is 0 Å². The number of aromatic nitrogens is 1. The quantitative estimate of drug-likeness (QED) is 0.375. The van der Waals surface area contributed by atoms with E-state index in [1.807, 2.05) is 30.3 Å². The molecule has 1 aliphatic heterocycles. The van der Waals surface area contributed by atoms with Crippen molar-refractivity contribution in [1.29, 1.82) is 0 Å². The second kappa shape index (κ2) is 11.9. The van der Waals surface area contributed by atoms with Gasteiger partial charge < -0.3 is 29.8 Å². The first-order valence-electron chi connectivity index (χ1n) is 13.3. The molecular weight excluding hydrogens is 506 g/mol. The van der Waals surface area contributed by atoms with Crippen molar-refractivity contribution in [3.8, 4) is 0 Å². The highest BCUT2D eigenvalue weighted by molar-refractivity contribution is 6.31. The van der Waals surface area contributed by atoms with Crippen LogP contribution in [0.2, 0.25) is 5.02 Å². The second-order valence-corrected chi connectivity index (χ2v) is 10.4. The van der Waals surface area contributed by atoms with E-state index in [1.54, 1.807) is 30.0 Å². The Hall–Kier alpha value is -2.91. The Kier molecular flexibility index (Phi) is 8.33. The lowest BCUT2D eigenvalue weighted by molar-refractivity contribution is -0.169. The number of carbonyl (C=O) groups is 2. The lowest BCUT2D eigenvalue weighted by Crippen LogP contribution is -2.50. The number of aliphatic hydroxyl groups excluding tert-OH is 1. The highest BCUT2D eigenvalue weighted by atomic mass is 35.5. The average Bonchev–Trinajstić information content (AvgIpc) is 3.52. The molecule has 9 heteroatoms. The third-order valence-electron chi connectivity index (χ3n) is 7.40. The van der Waals surface area contributed by atoms with Crippen LogP contribution in [0.5, 0.6) is 0 Å². The molecule has 0 saturated carbocycles. The van der Waals surface area contributed by atoms with Crippen molar-refractivity contribution in [2.75, 3.05) is 19.8 Å². The number of hydrogen-bond acceptors (Lipinski definition) is 5. The molecule has 5 rings (SSSR count). The number of benzene rings is 2. The van der Waals surface area contributed by atoms with Crippen LogP contribution in [0.25, 0.3) is 10.9 Å². The first kappa shape index (κ1) is 26.7. The van der Waals surface area contributed by atoms with Crippen molar-refractivity contribution < 1.29 is 24.2 Å². The first-order chi connectivity index (χ1) is 18.4. The molecule has 202 valence electrons. The van der Waals surface area contributed by atoms with E-state index >= 15 is 0 Å². The first-order valence-corrected chi connectivity index (χ1v) is 13.7. The van der Waals surface area contributed by atoms with Crippen LogP contribution in [0.4, 0.5) is 0 Å². The van der Waals surface area contributed by atoms with Gasteiger partial charge in [0.15, 0.2) is 6.29 Å². The Morgan fingerprint density at radius 2 is 2.08 bits per heavy atom. The minimum Gasteiger partial charge on any atom is -0.383 e. The van der Waals surface area contributed by atoms with E-state index in [0.717, 1.165) is 41.3 Å². The van der Waals surface area contributed by atoms with Gasteiger partial charge in [0, 0.05) is 29.1 Å². The number of aliphatic hydroxyl groups is 1. The topological polar surface area (TPSA) is 104 Å². The van der Waals surface area contributed by atoms with Gasteiger partial charge in [-0.25, -0.2) is 0 Å². The SMILES string of the molecule is CC[C@H](O)C(=O)N(CCOC1CCCCO1)[C@H]1c2ccccc2C[C@H]1NC(=O)c1cc2cc(Cl)ccc2[nH]1. The summed E-state index contributed by atoms with van der Waals surface area (Å²) < 4.78 is 11.6. The van der Waals surface area contributed by atoms with Gasteiger partial charge in [-0.05, 0) is 67.5 Å². The zero-order valence-corrected chi connectivity index (χ0v) is 22.2. The number of nitrogens with zero attached hydrogens (tertiary/aromatic N) is 1. The Morgan fingerprint density at radius 1 is 1.24 bits per heavy atom. The van der Waals surface area contributed by atoms with E-state index in [4.69, 9.17) is 21.1 Å². The van der Waals surface area contributed by atoms with Crippen LogP contribution < -0.4 is 5.32 Å². The minimum atomic E-state index is -1.14. The van der Waals surface area contributed by atoms with Crippen molar-refractivity contribution in [3.05, 3.63) is 70.4 Å². The Morgan fingerprint density at radius 3 is 2.87 bits per heavy atom. The molecule has 1 fully saturated rings. The van der Waals surface area contributed by atoms with E-state index in [1.165, 1.54) is 0 Å². The number of H-pyrrole nitrogens is 1. The number of nitrogens with one attached hydrogen (secondary N) is 2. The molecule has 1 saturated heterocycles. The summed E-state index contributed by atoms with van der Waals surface area (Å²) in [4.78, 5) is 31.7. The molecule has 0 spiro atoms. The summed E-state index contributed by atoms with van der Waals surface area (Å²) in [5.74, 6) is -0.641. The summed E-state index contributed by atoms with van der Waals surface area (Å²) >= 11 is 6.12. The smallest absolute Gasteiger partial charge is 0.268 e. The normalized spacial score (nSPS) is 21.7. The van der Waals surface area contributed by atoms with Crippen LogP contribution in [-0.4, -0.2) is 65.0 Å². The summed E-state index contributed by atoms with van der Waals surface area (Å²) in [6.45, 7) is 2.99. The molecule has 0 bridgehead atoms. The second-order valence-electron chi connectivity index (χ2n) is 9.96. The Balaban J connectivity index is 1.39. The fourth-order valence-electron chi connectivity index (χ4n) is 5.44. The zero-order valence-electron chi connectivity index (χ0n) is 21.5. The molecule has 1 unspecified atom stereocenters. The molecule has 4 atom stereocenters. The summed E-state index contributed by atoms with van der Waals surface area (Å²) in [6.07, 6.45) is 2.35. The summed E-state index contributed by atoms with van der Waals surface area (Å²) in [7, 11) is 0. The van der Waals surface area contributed by atoms with Gasteiger partial charge in [0.05, 0.1) is 18.7 Å². The molecule has 1 aromatic heterocycles. The number of aromatic amines is 1. The molecule has 3 N–H and O–H groups in total. The van der Waals surface area contributed by atoms with E-state index in [-0.39, 0.29) is 37.3 Å². The van der Waals surface area contributed by atoms with Gasteiger partial charge in [0.1, 0.15) is 11.8 Å². The van der Waals surface area contributed by atoms with Crippen molar-refractivity contribution in [1.82, 2.24) is 15.2 Å². The van der Waals surface area contributed by atoms with E-state index < -0.39 is 12.1 Å². The van der Waals surface area contributed by atoms with E-state index in [2.05, 4.69) is 10.3 Å². The molecule has 1 aliphatic carbocycles. The molecular formula is C29H34ClN3O5. The molecule has 2 aliphatic rings. The van der Waals surface area contributed by atoms with Crippen LogP contribution in [0, 0.1) is 0 Å². The third kappa shape index (κ3) is 5.73.